The van der Waals surface area contributed by atoms with Gasteiger partial charge in [0, 0.05) is 16.8 Å². The SMILES string of the molecule is O=C(Cc1ccc(Cl)cc1)N/N=C\c1cn(-c2ccccc2)nc1-c1ccco1. The third-order valence-corrected chi connectivity index (χ3v) is 4.44. The number of hydrogen-bond acceptors (Lipinski definition) is 4. The van der Waals surface area contributed by atoms with Crippen molar-refractivity contribution in [2.75, 3.05) is 0 Å². The summed E-state index contributed by atoms with van der Waals surface area (Å²) in [7, 11) is 0. The minimum Gasteiger partial charge on any atom is -0.463 e. The fourth-order valence-electron chi connectivity index (χ4n) is 2.80. The molecule has 0 aliphatic rings. The lowest BCUT2D eigenvalue weighted by Crippen LogP contribution is -2.19. The number of hydrogen-bond donors (Lipinski definition) is 1. The molecule has 0 unspecified atom stereocenters. The zero-order valence-corrected chi connectivity index (χ0v) is 16.1. The molecule has 2 aromatic heterocycles. The molecule has 0 fully saturated rings. The summed E-state index contributed by atoms with van der Waals surface area (Å²) in [6, 6.07) is 20.5. The fraction of sp³-hybridized carbons (Fsp3) is 0.0455. The zero-order chi connectivity index (χ0) is 20.1. The molecule has 0 saturated heterocycles. The Kier molecular flexibility index (Phi) is 5.54. The van der Waals surface area contributed by atoms with Crippen molar-refractivity contribution in [1.82, 2.24) is 15.2 Å². The Bertz CT molecular complexity index is 1120. The van der Waals surface area contributed by atoms with Crippen LogP contribution in [0.5, 0.6) is 0 Å². The van der Waals surface area contributed by atoms with Gasteiger partial charge in [-0.2, -0.15) is 10.2 Å². The lowest BCUT2D eigenvalue weighted by atomic mass is 10.1. The van der Waals surface area contributed by atoms with Crippen LogP contribution in [0.1, 0.15) is 11.1 Å². The second-order valence-corrected chi connectivity index (χ2v) is 6.72. The van der Waals surface area contributed by atoms with Gasteiger partial charge in [-0.05, 0) is 42.0 Å². The summed E-state index contributed by atoms with van der Waals surface area (Å²) in [6.07, 6.45) is 5.20. The van der Waals surface area contributed by atoms with Crippen LogP contribution < -0.4 is 5.43 Å². The summed E-state index contributed by atoms with van der Waals surface area (Å²) >= 11 is 5.86. The number of para-hydroxylation sites is 1. The van der Waals surface area contributed by atoms with Crippen molar-refractivity contribution in [3.63, 3.8) is 0 Å². The van der Waals surface area contributed by atoms with Gasteiger partial charge in [-0.15, -0.1) is 0 Å². The minimum absolute atomic E-state index is 0.211. The molecule has 2 aromatic carbocycles. The number of halogens is 1. The average molecular weight is 405 g/mol. The first-order valence-electron chi connectivity index (χ1n) is 8.94. The molecule has 6 nitrogen and oxygen atoms in total. The summed E-state index contributed by atoms with van der Waals surface area (Å²) in [4.78, 5) is 12.1. The molecule has 4 aromatic rings. The van der Waals surface area contributed by atoms with E-state index in [1.807, 2.05) is 54.7 Å². The molecular weight excluding hydrogens is 388 g/mol. The first-order valence-corrected chi connectivity index (χ1v) is 9.32. The number of carbonyl (C=O) groups excluding carboxylic acids is 1. The van der Waals surface area contributed by atoms with Gasteiger partial charge >= 0.3 is 0 Å². The Balaban J connectivity index is 1.51. The van der Waals surface area contributed by atoms with Crippen LogP contribution in [0.15, 0.2) is 88.7 Å². The molecule has 7 heteroatoms. The number of rotatable bonds is 6. The fourth-order valence-corrected chi connectivity index (χ4v) is 2.93. The van der Waals surface area contributed by atoms with E-state index in [0.29, 0.717) is 16.5 Å². The number of aromatic nitrogens is 2. The maximum Gasteiger partial charge on any atom is 0.244 e. The molecule has 0 spiro atoms. The molecule has 0 aliphatic carbocycles. The van der Waals surface area contributed by atoms with E-state index >= 15 is 0 Å². The predicted octanol–water partition coefficient (Wildman–Crippen LogP) is 4.48. The van der Waals surface area contributed by atoms with Crippen LogP contribution >= 0.6 is 11.6 Å². The van der Waals surface area contributed by atoms with Crippen molar-refractivity contribution < 1.29 is 9.21 Å². The molecule has 1 amide bonds. The highest BCUT2D eigenvalue weighted by atomic mass is 35.5. The predicted molar refractivity (Wildman–Crippen MR) is 112 cm³/mol. The first kappa shape index (κ1) is 18.7. The summed E-state index contributed by atoms with van der Waals surface area (Å²) in [5, 5.41) is 9.32. The van der Waals surface area contributed by atoms with Crippen molar-refractivity contribution in [3.8, 4) is 17.1 Å². The van der Waals surface area contributed by atoms with Gasteiger partial charge < -0.3 is 4.42 Å². The van der Waals surface area contributed by atoms with Crippen LogP contribution in [0.4, 0.5) is 0 Å². The summed E-state index contributed by atoms with van der Waals surface area (Å²) in [6.45, 7) is 0. The van der Waals surface area contributed by atoms with Gasteiger partial charge in [0.05, 0.1) is 24.6 Å². The Morgan fingerprint density at radius 1 is 1.10 bits per heavy atom. The quantitative estimate of drug-likeness (QED) is 0.380. The lowest BCUT2D eigenvalue weighted by Gasteiger charge is -2.00. The molecule has 0 saturated carbocycles. The number of benzene rings is 2. The number of furan rings is 1. The topological polar surface area (TPSA) is 72.4 Å². The van der Waals surface area contributed by atoms with Crippen LogP contribution in [0.25, 0.3) is 17.1 Å². The van der Waals surface area contributed by atoms with Gasteiger partial charge in [-0.1, -0.05) is 41.9 Å². The van der Waals surface area contributed by atoms with Gasteiger partial charge in [0.1, 0.15) is 5.69 Å². The molecule has 0 atom stereocenters. The van der Waals surface area contributed by atoms with Crippen molar-refractivity contribution in [2.24, 2.45) is 5.10 Å². The maximum absolute atomic E-state index is 12.1. The summed E-state index contributed by atoms with van der Waals surface area (Å²) in [5.41, 5.74) is 5.66. The first-order chi connectivity index (χ1) is 14.2. The van der Waals surface area contributed by atoms with Gasteiger partial charge in [0.2, 0.25) is 5.91 Å². The van der Waals surface area contributed by atoms with E-state index in [-0.39, 0.29) is 12.3 Å². The molecule has 4 rings (SSSR count). The Morgan fingerprint density at radius 3 is 2.62 bits per heavy atom. The average Bonchev–Trinajstić information content (AvgIpc) is 3.40. The maximum atomic E-state index is 12.1. The second kappa shape index (κ2) is 8.58. The molecule has 29 heavy (non-hydrogen) atoms. The van der Waals surface area contributed by atoms with Crippen molar-refractivity contribution in [1.29, 1.82) is 0 Å². The zero-order valence-electron chi connectivity index (χ0n) is 15.3. The largest absolute Gasteiger partial charge is 0.463 e. The number of carbonyl (C=O) groups is 1. The number of hydrazone groups is 1. The van der Waals surface area contributed by atoms with E-state index in [0.717, 1.165) is 16.8 Å². The highest BCUT2D eigenvalue weighted by molar-refractivity contribution is 6.30. The van der Waals surface area contributed by atoms with Crippen LogP contribution in [0.3, 0.4) is 0 Å². The van der Waals surface area contributed by atoms with E-state index in [2.05, 4.69) is 15.6 Å². The van der Waals surface area contributed by atoms with Crippen molar-refractivity contribution >= 4 is 23.7 Å². The molecule has 1 N–H and O–H groups in total. The lowest BCUT2D eigenvalue weighted by molar-refractivity contribution is -0.120. The number of amides is 1. The Hall–Kier alpha value is -3.64. The molecular formula is C22H17ClN4O2. The van der Waals surface area contributed by atoms with Gasteiger partial charge in [0.25, 0.3) is 0 Å². The molecule has 144 valence electrons. The van der Waals surface area contributed by atoms with Gasteiger partial charge in [-0.3, -0.25) is 4.79 Å². The Morgan fingerprint density at radius 2 is 1.90 bits per heavy atom. The van der Waals surface area contributed by atoms with Crippen LogP contribution in [-0.4, -0.2) is 21.9 Å². The number of nitrogens with one attached hydrogen (secondary N) is 1. The van der Waals surface area contributed by atoms with Crippen LogP contribution in [-0.2, 0) is 11.2 Å². The molecule has 0 radical (unpaired) electrons. The van der Waals surface area contributed by atoms with Crippen molar-refractivity contribution in [2.45, 2.75) is 6.42 Å². The number of nitrogens with zero attached hydrogens (tertiary/aromatic N) is 3. The highest BCUT2D eigenvalue weighted by Gasteiger charge is 2.13. The summed E-state index contributed by atoms with van der Waals surface area (Å²) in [5.74, 6) is 0.396. The summed E-state index contributed by atoms with van der Waals surface area (Å²) < 4.78 is 7.23. The van der Waals surface area contributed by atoms with Crippen LogP contribution in [0, 0.1) is 0 Å². The van der Waals surface area contributed by atoms with Crippen molar-refractivity contribution in [3.05, 3.63) is 95.3 Å². The molecule has 0 aliphatic heterocycles. The van der Waals surface area contributed by atoms with E-state index in [9.17, 15) is 4.79 Å². The third-order valence-electron chi connectivity index (χ3n) is 4.19. The second-order valence-electron chi connectivity index (χ2n) is 6.29. The Labute approximate surface area is 172 Å². The molecule has 0 bridgehead atoms. The van der Waals surface area contributed by atoms with Gasteiger partial charge in [-0.25, -0.2) is 10.1 Å². The van der Waals surface area contributed by atoms with E-state index in [1.54, 1.807) is 35.4 Å². The van der Waals surface area contributed by atoms with Gasteiger partial charge in [0.15, 0.2) is 5.76 Å². The van der Waals surface area contributed by atoms with Crippen LogP contribution in [0.2, 0.25) is 5.02 Å². The highest BCUT2D eigenvalue weighted by Crippen LogP contribution is 2.23. The normalized spacial score (nSPS) is 11.1. The van der Waals surface area contributed by atoms with E-state index < -0.39 is 0 Å². The van der Waals surface area contributed by atoms with E-state index in [1.165, 1.54) is 0 Å². The third kappa shape index (κ3) is 4.62. The minimum atomic E-state index is -0.224. The molecule has 2 heterocycles. The standard InChI is InChI=1S/C22H17ClN4O2/c23-18-10-8-16(9-11-18)13-21(28)25-24-14-17-15-27(19-5-2-1-3-6-19)26-22(17)20-7-4-12-29-20/h1-12,14-15H,13H2,(H,25,28)/b24-14-. The smallest absolute Gasteiger partial charge is 0.244 e. The monoisotopic (exact) mass is 404 g/mol. The van der Waals surface area contributed by atoms with E-state index in [4.69, 9.17) is 16.0 Å².